The Labute approximate surface area is 141 Å². The lowest BCUT2D eigenvalue weighted by Crippen LogP contribution is -2.44. The summed E-state index contributed by atoms with van der Waals surface area (Å²) < 4.78 is 7.84. The molecule has 4 nitrogen and oxygen atoms in total. The zero-order chi connectivity index (χ0) is 16.8. The van der Waals surface area contributed by atoms with Gasteiger partial charge in [0.1, 0.15) is 11.3 Å². The summed E-state index contributed by atoms with van der Waals surface area (Å²) in [5, 5.41) is 4.30. The highest BCUT2D eigenvalue weighted by atomic mass is 16.3. The van der Waals surface area contributed by atoms with Gasteiger partial charge in [-0.2, -0.15) is 0 Å². The fourth-order valence-corrected chi connectivity index (χ4v) is 4.08. The predicted molar refractivity (Wildman–Crippen MR) is 96.1 cm³/mol. The topological polar surface area (TPSA) is 47.2 Å². The summed E-state index contributed by atoms with van der Waals surface area (Å²) in [4.78, 5) is 12.8. The number of carbonyl (C=O) groups excluding carboxylic acids is 1. The molecule has 1 aliphatic rings. The van der Waals surface area contributed by atoms with Gasteiger partial charge < -0.3 is 14.3 Å². The molecule has 3 atom stereocenters. The summed E-state index contributed by atoms with van der Waals surface area (Å²) >= 11 is 0. The first-order valence-electron chi connectivity index (χ1n) is 8.84. The maximum absolute atomic E-state index is 12.8. The Morgan fingerprint density at radius 1 is 1.21 bits per heavy atom. The van der Waals surface area contributed by atoms with Crippen LogP contribution in [0.15, 0.2) is 34.7 Å². The molecule has 2 heterocycles. The summed E-state index contributed by atoms with van der Waals surface area (Å²) in [6.45, 7) is 4.53. The van der Waals surface area contributed by atoms with Crippen molar-refractivity contribution in [2.45, 2.75) is 39.2 Å². The molecule has 1 aliphatic carbocycles. The van der Waals surface area contributed by atoms with E-state index >= 15 is 0 Å². The third kappa shape index (κ3) is 2.32. The van der Waals surface area contributed by atoms with E-state index in [4.69, 9.17) is 4.42 Å². The van der Waals surface area contributed by atoms with Crippen molar-refractivity contribution in [1.82, 2.24) is 9.88 Å². The highest BCUT2D eigenvalue weighted by molar-refractivity contribution is 6.07. The lowest BCUT2D eigenvalue weighted by molar-refractivity contribution is 0.0883. The van der Waals surface area contributed by atoms with Crippen LogP contribution in [-0.4, -0.2) is 16.5 Å². The third-order valence-corrected chi connectivity index (χ3v) is 5.82. The highest BCUT2D eigenvalue weighted by Gasteiger charge is 2.29. The minimum absolute atomic E-state index is 0.000990. The average Bonchev–Trinajstić information content (AvgIpc) is 3.08. The molecular weight excluding hydrogens is 300 g/mol. The van der Waals surface area contributed by atoms with Crippen molar-refractivity contribution in [3.05, 3.63) is 36.0 Å². The molecule has 1 aromatic carbocycles. The molecule has 1 N–H and O–H groups in total. The Kier molecular flexibility index (Phi) is 3.63. The van der Waals surface area contributed by atoms with E-state index in [-0.39, 0.29) is 11.9 Å². The van der Waals surface area contributed by atoms with Crippen LogP contribution in [0, 0.1) is 11.8 Å². The van der Waals surface area contributed by atoms with Crippen LogP contribution in [0.25, 0.3) is 22.1 Å². The van der Waals surface area contributed by atoms with E-state index in [0.717, 1.165) is 28.5 Å². The van der Waals surface area contributed by atoms with Gasteiger partial charge in [-0.3, -0.25) is 4.79 Å². The van der Waals surface area contributed by atoms with Crippen molar-refractivity contribution in [2.75, 3.05) is 0 Å². The second kappa shape index (κ2) is 5.69. The Balaban J connectivity index is 1.66. The van der Waals surface area contributed by atoms with Gasteiger partial charge in [-0.1, -0.05) is 38.8 Å². The largest absolute Gasteiger partial charge is 0.454 e. The zero-order valence-electron chi connectivity index (χ0n) is 14.5. The Morgan fingerprint density at radius 2 is 2.00 bits per heavy atom. The predicted octanol–water partition coefficient (Wildman–Crippen LogP) is 4.48. The number of nitrogens with one attached hydrogen (secondary N) is 1. The van der Waals surface area contributed by atoms with Crippen molar-refractivity contribution >= 4 is 28.0 Å². The summed E-state index contributed by atoms with van der Waals surface area (Å²) in [6, 6.07) is 10.1. The Hall–Kier alpha value is -2.23. The van der Waals surface area contributed by atoms with E-state index in [1.807, 2.05) is 41.9 Å². The molecule has 0 bridgehead atoms. The van der Waals surface area contributed by atoms with Crippen LogP contribution >= 0.6 is 0 Å². The van der Waals surface area contributed by atoms with Gasteiger partial charge in [-0.15, -0.1) is 0 Å². The van der Waals surface area contributed by atoms with Gasteiger partial charge in [0, 0.05) is 24.5 Å². The second-order valence-corrected chi connectivity index (χ2v) is 7.25. The summed E-state index contributed by atoms with van der Waals surface area (Å²) in [6.07, 6.45) is 3.52. The Bertz CT molecular complexity index is 905. The smallest absolute Gasteiger partial charge is 0.268 e. The molecule has 0 radical (unpaired) electrons. The summed E-state index contributed by atoms with van der Waals surface area (Å²) in [5.41, 5.74) is 3.29. The fraction of sp³-hybridized carbons (Fsp3) is 0.450. The van der Waals surface area contributed by atoms with Gasteiger partial charge in [0.2, 0.25) is 0 Å². The quantitative estimate of drug-likeness (QED) is 0.755. The minimum Gasteiger partial charge on any atom is -0.454 e. The number of rotatable bonds is 2. The molecule has 2 aromatic heterocycles. The molecule has 4 rings (SSSR count). The van der Waals surface area contributed by atoms with E-state index < -0.39 is 0 Å². The Morgan fingerprint density at radius 3 is 2.83 bits per heavy atom. The molecule has 24 heavy (non-hydrogen) atoms. The highest BCUT2D eigenvalue weighted by Crippen LogP contribution is 2.32. The van der Waals surface area contributed by atoms with Crippen molar-refractivity contribution in [3.8, 4) is 0 Å². The van der Waals surface area contributed by atoms with E-state index in [1.165, 1.54) is 12.8 Å². The van der Waals surface area contributed by atoms with E-state index in [1.54, 1.807) is 0 Å². The van der Waals surface area contributed by atoms with Gasteiger partial charge in [0.05, 0.1) is 5.52 Å². The number of carbonyl (C=O) groups is 1. The van der Waals surface area contributed by atoms with Gasteiger partial charge in [-0.25, -0.2) is 0 Å². The molecule has 126 valence electrons. The van der Waals surface area contributed by atoms with Crippen LogP contribution in [0.5, 0.6) is 0 Å². The lowest BCUT2D eigenvalue weighted by atomic mass is 9.78. The normalized spacial score (nSPS) is 24.5. The molecule has 0 aliphatic heterocycles. The van der Waals surface area contributed by atoms with Crippen molar-refractivity contribution in [3.63, 3.8) is 0 Å². The van der Waals surface area contributed by atoms with Gasteiger partial charge >= 0.3 is 0 Å². The first-order valence-corrected chi connectivity index (χ1v) is 8.84. The molecule has 4 heteroatoms. The maximum atomic E-state index is 12.8. The van der Waals surface area contributed by atoms with Crippen LogP contribution in [0.2, 0.25) is 0 Å². The number of aromatic nitrogens is 1. The van der Waals surface area contributed by atoms with Crippen LogP contribution in [-0.2, 0) is 7.05 Å². The molecule has 3 aromatic rings. The summed E-state index contributed by atoms with van der Waals surface area (Å²) in [7, 11) is 1.94. The van der Waals surface area contributed by atoms with Crippen molar-refractivity contribution in [2.24, 2.45) is 18.9 Å². The SMILES string of the molecule is C[C@@H]1[C@H](C)CCC[C@H]1NC(=O)c1cc2oc3ccccc3c2n1C. The van der Waals surface area contributed by atoms with Crippen molar-refractivity contribution in [1.29, 1.82) is 0 Å². The standard InChI is InChI=1S/C20H24N2O2/c1-12-7-6-9-15(13(12)2)21-20(23)16-11-18-19(22(16)3)14-8-4-5-10-17(14)24-18/h4-5,8,10-13,15H,6-7,9H2,1-3H3,(H,21,23)/t12-,13-,15-/m1/s1. The van der Waals surface area contributed by atoms with Gasteiger partial charge in [-0.05, 0) is 30.4 Å². The first kappa shape index (κ1) is 15.3. The zero-order valence-corrected chi connectivity index (χ0v) is 14.5. The monoisotopic (exact) mass is 324 g/mol. The maximum Gasteiger partial charge on any atom is 0.268 e. The number of hydrogen-bond donors (Lipinski definition) is 1. The van der Waals surface area contributed by atoms with E-state index in [9.17, 15) is 4.79 Å². The number of amides is 1. The van der Waals surface area contributed by atoms with E-state index in [0.29, 0.717) is 17.5 Å². The van der Waals surface area contributed by atoms with Crippen LogP contribution in [0.1, 0.15) is 43.6 Å². The number of furan rings is 1. The second-order valence-electron chi connectivity index (χ2n) is 7.25. The molecule has 0 saturated heterocycles. The number of benzene rings is 1. The molecule has 1 fully saturated rings. The van der Waals surface area contributed by atoms with Crippen LogP contribution < -0.4 is 5.32 Å². The fourth-order valence-electron chi connectivity index (χ4n) is 4.08. The molecule has 0 spiro atoms. The van der Waals surface area contributed by atoms with Crippen LogP contribution in [0.3, 0.4) is 0 Å². The number of aryl methyl sites for hydroxylation is 1. The third-order valence-electron chi connectivity index (χ3n) is 5.82. The molecule has 1 saturated carbocycles. The van der Waals surface area contributed by atoms with E-state index in [2.05, 4.69) is 19.2 Å². The van der Waals surface area contributed by atoms with Gasteiger partial charge in [0.25, 0.3) is 5.91 Å². The summed E-state index contributed by atoms with van der Waals surface area (Å²) in [5.74, 6) is 1.18. The number of para-hydroxylation sites is 1. The van der Waals surface area contributed by atoms with Crippen LogP contribution in [0.4, 0.5) is 0 Å². The molecular formula is C20H24N2O2. The molecule has 1 amide bonds. The first-order chi connectivity index (χ1) is 11.6. The molecule has 0 unspecified atom stereocenters. The number of fused-ring (bicyclic) bond motifs is 3. The van der Waals surface area contributed by atoms with Gasteiger partial charge in [0.15, 0.2) is 5.58 Å². The number of nitrogens with zero attached hydrogens (tertiary/aromatic N) is 1. The average molecular weight is 324 g/mol. The minimum atomic E-state index is -0.000990. The van der Waals surface area contributed by atoms with Crippen molar-refractivity contribution < 1.29 is 9.21 Å². The number of hydrogen-bond acceptors (Lipinski definition) is 2. The lowest BCUT2D eigenvalue weighted by Gasteiger charge is -2.34.